The summed E-state index contributed by atoms with van der Waals surface area (Å²) in [6, 6.07) is 3.45. The van der Waals surface area contributed by atoms with Gasteiger partial charge in [0, 0.05) is 23.4 Å². The first kappa shape index (κ1) is 8.19. The Balaban J connectivity index is 2.53. The van der Waals surface area contributed by atoms with E-state index >= 15 is 0 Å². The zero-order chi connectivity index (χ0) is 9.42. The van der Waals surface area contributed by atoms with Gasteiger partial charge in [0.05, 0.1) is 13.2 Å². The van der Waals surface area contributed by atoms with Crippen LogP contribution in [0.4, 0.5) is 5.69 Å². The van der Waals surface area contributed by atoms with E-state index in [0.29, 0.717) is 18.0 Å². The summed E-state index contributed by atoms with van der Waals surface area (Å²) in [6.07, 6.45) is 0. The Hall–Kier alpha value is -1.42. The van der Waals surface area contributed by atoms with E-state index in [2.05, 4.69) is 0 Å². The second-order valence-electron chi connectivity index (χ2n) is 3.05. The lowest BCUT2D eigenvalue weighted by atomic mass is 10.1. The van der Waals surface area contributed by atoms with E-state index in [1.807, 2.05) is 0 Å². The lowest BCUT2D eigenvalue weighted by molar-refractivity contribution is 0.331. The quantitative estimate of drug-likeness (QED) is 0.623. The zero-order valence-corrected chi connectivity index (χ0v) is 7.41. The molecule has 0 bridgehead atoms. The van der Waals surface area contributed by atoms with Gasteiger partial charge in [-0.3, -0.25) is 0 Å². The first-order chi connectivity index (χ1) is 6.22. The topological polar surface area (TPSA) is 70.5 Å². The molecule has 2 rings (SSSR count). The third-order valence-corrected chi connectivity index (χ3v) is 2.17. The van der Waals surface area contributed by atoms with E-state index < -0.39 is 0 Å². The van der Waals surface area contributed by atoms with Crippen LogP contribution in [0.5, 0.6) is 11.5 Å². The Morgan fingerprint density at radius 1 is 1.54 bits per heavy atom. The van der Waals surface area contributed by atoms with Crippen LogP contribution in [0.25, 0.3) is 0 Å². The molecule has 13 heavy (non-hydrogen) atoms. The van der Waals surface area contributed by atoms with Crippen LogP contribution in [0, 0.1) is 0 Å². The highest BCUT2D eigenvalue weighted by molar-refractivity contribution is 5.61. The van der Waals surface area contributed by atoms with Crippen LogP contribution in [0.15, 0.2) is 12.1 Å². The molecule has 0 aliphatic carbocycles. The van der Waals surface area contributed by atoms with Gasteiger partial charge in [-0.1, -0.05) is 0 Å². The number of nitrogen functional groups attached to an aromatic ring is 1. The summed E-state index contributed by atoms with van der Waals surface area (Å²) in [7, 11) is 1.59. The van der Waals surface area contributed by atoms with Crippen molar-refractivity contribution in [2.45, 2.75) is 6.04 Å². The molecule has 70 valence electrons. The molecule has 0 spiro atoms. The summed E-state index contributed by atoms with van der Waals surface area (Å²) < 4.78 is 10.4. The molecule has 1 aliphatic heterocycles. The van der Waals surface area contributed by atoms with Gasteiger partial charge in [-0.25, -0.2) is 0 Å². The first-order valence-corrected chi connectivity index (χ1v) is 4.08. The van der Waals surface area contributed by atoms with E-state index in [0.717, 1.165) is 11.3 Å². The normalized spacial score (nSPS) is 19.4. The fourth-order valence-electron chi connectivity index (χ4n) is 1.52. The Labute approximate surface area is 76.4 Å². The SMILES string of the molecule is COc1cc(N)c2c(c1)OC[C@H]2N. The lowest BCUT2D eigenvalue weighted by Crippen LogP contribution is -2.12. The van der Waals surface area contributed by atoms with Crippen molar-refractivity contribution in [3.05, 3.63) is 17.7 Å². The van der Waals surface area contributed by atoms with Crippen molar-refractivity contribution < 1.29 is 9.47 Å². The molecule has 0 saturated heterocycles. The number of methoxy groups -OCH3 is 1. The maximum absolute atomic E-state index is 5.80. The Morgan fingerprint density at radius 2 is 2.31 bits per heavy atom. The van der Waals surface area contributed by atoms with Crippen LogP contribution < -0.4 is 20.9 Å². The lowest BCUT2D eigenvalue weighted by Gasteiger charge is -2.07. The number of benzene rings is 1. The second-order valence-corrected chi connectivity index (χ2v) is 3.05. The van der Waals surface area contributed by atoms with Gasteiger partial charge in [-0.05, 0) is 0 Å². The van der Waals surface area contributed by atoms with Gasteiger partial charge in [0.25, 0.3) is 0 Å². The molecule has 1 aliphatic rings. The smallest absolute Gasteiger partial charge is 0.130 e. The minimum Gasteiger partial charge on any atom is -0.497 e. The number of hydrogen-bond acceptors (Lipinski definition) is 4. The van der Waals surface area contributed by atoms with Gasteiger partial charge in [0.15, 0.2) is 0 Å². The Kier molecular flexibility index (Phi) is 1.77. The third kappa shape index (κ3) is 1.19. The first-order valence-electron chi connectivity index (χ1n) is 4.08. The highest BCUT2D eigenvalue weighted by Crippen LogP contribution is 2.38. The number of fused-ring (bicyclic) bond motifs is 1. The summed E-state index contributed by atoms with van der Waals surface area (Å²) in [5, 5.41) is 0. The van der Waals surface area contributed by atoms with Crippen LogP contribution in [-0.4, -0.2) is 13.7 Å². The molecular formula is C9H12N2O2. The average Bonchev–Trinajstić information content (AvgIpc) is 2.48. The molecule has 0 fully saturated rings. The summed E-state index contributed by atoms with van der Waals surface area (Å²) in [5.41, 5.74) is 13.1. The van der Waals surface area contributed by atoms with Gasteiger partial charge in [-0.15, -0.1) is 0 Å². The highest BCUT2D eigenvalue weighted by atomic mass is 16.5. The summed E-state index contributed by atoms with van der Waals surface area (Å²) >= 11 is 0. The standard InChI is InChI=1S/C9H12N2O2/c1-12-5-2-6(10)9-7(11)4-13-8(9)3-5/h2-3,7H,4,10-11H2,1H3/t7-/m1/s1. The van der Waals surface area contributed by atoms with E-state index in [9.17, 15) is 0 Å². The predicted molar refractivity (Wildman–Crippen MR) is 49.8 cm³/mol. The fraction of sp³-hybridized carbons (Fsp3) is 0.333. The van der Waals surface area contributed by atoms with Crippen molar-refractivity contribution in [2.24, 2.45) is 5.73 Å². The van der Waals surface area contributed by atoms with Crippen molar-refractivity contribution in [1.29, 1.82) is 0 Å². The van der Waals surface area contributed by atoms with Crippen LogP contribution in [0.2, 0.25) is 0 Å². The fourth-order valence-corrected chi connectivity index (χ4v) is 1.52. The maximum atomic E-state index is 5.80. The van der Waals surface area contributed by atoms with Crippen LogP contribution in [0.3, 0.4) is 0 Å². The van der Waals surface area contributed by atoms with Crippen molar-refractivity contribution in [3.8, 4) is 11.5 Å². The van der Waals surface area contributed by atoms with Crippen molar-refractivity contribution in [3.63, 3.8) is 0 Å². The Bertz CT molecular complexity index is 339. The molecule has 0 radical (unpaired) electrons. The third-order valence-electron chi connectivity index (χ3n) is 2.17. The van der Waals surface area contributed by atoms with Crippen LogP contribution in [-0.2, 0) is 0 Å². The molecule has 0 saturated carbocycles. The second kappa shape index (κ2) is 2.81. The highest BCUT2D eigenvalue weighted by Gasteiger charge is 2.24. The minimum atomic E-state index is -0.110. The number of nitrogens with two attached hydrogens (primary N) is 2. The van der Waals surface area contributed by atoms with Crippen molar-refractivity contribution in [2.75, 3.05) is 19.5 Å². The molecule has 4 nitrogen and oxygen atoms in total. The molecule has 1 atom stereocenters. The largest absolute Gasteiger partial charge is 0.497 e. The van der Waals surface area contributed by atoms with Gasteiger partial charge in [0.1, 0.15) is 18.1 Å². The van der Waals surface area contributed by atoms with Crippen molar-refractivity contribution in [1.82, 2.24) is 0 Å². The predicted octanol–water partition coefficient (Wildman–Crippen LogP) is 0.670. The molecule has 0 unspecified atom stereocenters. The molecule has 4 N–H and O–H groups in total. The minimum absolute atomic E-state index is 0.110. The van der Waals surface area contributed by atoms with Gasteiger partial charge in [-0.2, -0.15) is 0 Å². The monoisotopic (exact) mass is 180 g/mol. The molecule has 1 aromatic rings. The molecule has 0 amide bonds. The number of ether oxygens (including phenoxy) is 2. The number of rotatable bonds is 1. The summed E-state index contributed by atoms with van der Waals surface area (Å²) in [6.45, 7) is 0.493. The number of hydrogen-bond donors (Lipinski definition) is 2. The molecule has 4 heteroatoms. The van der Waals surface area contributed by atoms with Crippen LogP contribution in [0.1, 0.15) is 11.6 Å². The molecule has 0 aromatic heterocycles. The van der Waals surface area contributed by atoms with Crippen LogP contribution >= 0.6 is 0 Å². The van der Waals surface area contributed by atoms with E-state index in [-0.39, 0.29) is 6.04 Å². The average molecular weight is 180 g/mol. The van der Waals surface area contributed by atoms with E-state index in [4.69, 9.17) is 20.9 Å². The summed E-state index contributed by atoms with van der Waals surface area (Å²) in [4.78, 5) is 0. The molecule has 1 aromatic carbocycles. The number of anilines is 1. The van der Waals surface area contributed by atoms with Gasteiger partial charge >= 0.3 is 0 Å². The molecular weight excluding hydrogens is 168 g/mol. The van der Waals surface area contributed by atoms with E-state index in [1.54, 1.807) is 19.2 Å². The van der Waals surface area contributed by atoms with Gasteiger partial charge in [0.2, 0.25) is 0 Å². The van der Waals surface area contributed by atoms with E-state index in [1.165, 1.54) is 0 Å². The zero-order valence-electron chi connectivity index (χ0n) is 7.41. The maximum Gasteiger partial charge on any atom is 0.130 e. The summed E-state index contributed by atoms with van der Waals surface area (Å²) in [5.74, 6) is 1.44. The van der Waals surface area contributed by atoms with Gasteiger partial charge < -0.3 is 20.9 Å². The van der Waals surface area contributed by atoms with Crippen molar-refractivity contribution >= 4 is 5.69 Å². The molecule has 1 heterocycles. The Morgan fingerprint density at radius 3 is 3.00 bits per heavy atom.